The van der Waals surface area contributed by atoms with Gasteiger partial charge in [0.2, 0.25) is 0 Å². The molecule has 0 spiro atoms. The van der Waals surface area contributed by atoms with E-state index in [0.717, 1.165) is 23.3 Å². The van der Waals surface area contributed by atoms with Crippen molar-refractivity contribution in [2.24, 2.45) is 4.99 Å². The van der Waals surface area contributed by atoms with E-state index in [1.165, 1.54) is 20.7 Å². The van der Waals surface area contributed by atoms with Gasteiger partial charge in [-0.1, -0.05) is 19.4 Å². The SMILES string of the molecule is CCCc1ccc(-c2ccc(-c3ccc(N=C=S)c(F)c3)s2)s1. The molecule has 2 aromatic heterocycles. The highest BCUT2D eigenvalue weighted by atomic mass is 32.1. The third kappa shape index (κ3) is 3.65. The summed E-state index contributed by atoms with van der Waals surface area (Å²) >= 11 is 8.03. The van der Waals surface area contributed by atoms with Crippen LogP contribution in [0.1, 0.15) is 18.2 Å². The van der Waals surface area contributed by atoms with Crippen molar-refractivity contribution in [1.29, 1.82) is 0 Å². The lowest BCUT2D eigenvalue weighted by Crippen LogP contribution is -1.78. The van der Waals surface area contributed by atoms with Gasteiger partial charge in [0.05, 0.1) is 5.16 Å². The molecule has 0 unspecified atom stereocenters. The maximum absolute atomic E-state index is 14.0. The Bertz CT molecular complexity index is 872. The fourth-order valence-corrected chi connectivity index (χ4v) is 4.62. The predicted octanol–water partition coefficient (Wildman–Crippen LogP) is 6.97. The lowest BCUT2D eigenvalue weighted by Gasteiger charge is -2.00. The second-order valence-electron chi connectivity index (χ2n) is 5.05. The molecule has 0 saturated carbocycles. The summed E-state index contributed by atoms with van der Waals surface area (Å²) in [5.74, 6) is -0.379. The maximum atomic E-state index is 14.0. The molecular weight excluding hydrogens is 345 g/mol. The molecule has 0 bridgehead atoms. The van der Waals surface area contributed by atoms with Gasteiger partial charge in [0, 0.05) is 19.5 Å². The van der Waals surface area contributed by atoms with Crippen molar-refractivity contribution < 1.29 is 4.39 Å². The molecule has 0 aliphatic heterocycles. The van der Waals surface area contributed by atoms with Crippen molar-refractivity contribution in [3.63, 3.8) is 0 Å². The summed E-state index contributed by atoms with van der Waals surface area (Å²) in [5.41, 5.74) is 1.08. The van der Waals surface area contributed by atoms with Crippen LogP contribution in [0.25, 0.3) is 20.2 Å². The highest BCUT2D eigenvalue weighted by molar-refractivity contribution is 7.78. The predicted molar refractivity (Wildman–Crippen MR) is 102 cm³/mol. The number of aryl methyl sites for hydroxylation is 1. The van der Waals surface area contributed by atoms with Crippen LogP contribution in [-0.4, -0.2) is 5.16 Å². The third-order valence-electron chi connectivity index (χ3n) is 3.41. The quantitative estimate of drug-likeness (QED) is 0.354. The van der Waals surface area contributed by atoms with Crippen LogP contribution in [0.3, 0.4) is 0 Å². The summed E-state index contributed by atoms with van der Waals surface area (Å²) in [7, 11) is 0. The Kier molecular flexibility index (Phi) is 5.13. The molecule has 0 aliphatic carbocycles. The zero-order valence-electron chi connectivity index (χ0n) is 12.5. The molecule has 0 radical (unpaired) electrons. The lowest BCUT2D eigenvalue weighted by atomic mass is 10.1. The van der Waals surface area contributed by atoms with Crippen LogP contribution in [0.4, 0.5) is 10.1 Å². The van der Waals surface area contributed by atoms with Gasteiger partial charge >= 0.3 is 0 Å². The van der Waals surface area contributed by atoms with Gasteiger partial charge in [0.1, 0.15) is 11.5 Å². The molecule has 3 rings (SSSR count). The number of benzene rings is 1. The van der Waals surface area contributed by atoms with Gasteiger partial charge in [-0.05, 0) is 60.6 Å². The topological polar surface area (TPSA) is 12.4 Å². The summed E-state index contributed by atoms with van der Waals surface area (Å²) in [5, 5.41) is 2.19. The van der Waals surface area contributed by atoms with E-state index in [1.54, 1.807) is 17.4 Å². The summed E-state index contributed by atoms with van der Waals surface area (Å²) in [6, 6.07) is 13.5. The number of hydrogen-bond acceptors (Lipinski definition) is 4. The van der Waals surface area contributed by atoms with Crippen molar-refractivity contribution in [2.75, 3.05) is 0 Å². The second kappa shape index (κ2) is 7.28. The Hall–Kier alpha value is -1.65. The summed E-state index contributed by atoms with van der Waals surface area (Å²) in [6.07, 6.45) is 2.28. The number of rotatable bonds is 5. The lowest BCUT2D eigenvalue weighted by molar-refractivity contribution is 0.630. The van der Waals surface area contributed by atoms with Gasteiger partial charge in [0.15, 0.2) is 0 Å². The highest BCUT2D eigenvalue weighted by Gasteiger charge is 2.09. The number of hydrogen-bond donors (Lipinski definition) is 0. The molecule has 0 fully saturated rings. The highest BCUT2D eigenvalue weighted by Crippen LogP contribution is 2.38. The Morgan fingerprint density at radius 2 is 1.78 bits per heavy atom. The first-order valence-electron chi connectivity index (χ1n) is 7.28. The molecule has 1 aromatic carbocycles. The van der Waals surface area contributed by atoms with E-state index in [1.807, 2.05) is 23.5 Å². The van der Waals surface area contributed by atoms with Crippen molar-refractivity contribution >= 4 is 45.7 Å². The van der Waals surface area contributed by atoms with Crippen molar-refractivity contribution in [3.05, 3.63) is 53.2 Å². The number of isothiocyanates is 1. The first-order valence-corrected chi connectivity index (χ1v) is 9.32. The molecule has 0 atom stereocenters. The fraction of sp³-hybridized carbons (Fsp3) is 0.167. The molecule has 0 saturated heterocycles. The van der Waals surface area contributed by atoms with E-state index in [9.17, 15) is 4.39 Å². The molecule has 0 amide bonds. The van der Waals surface area contributed by atoms with Crippen molar-refractivity contribution in [3.8, 4) is 20.2 Å². The standard InChI is InChI=1S/C18H14FNS3/c1-2-3-13-5-7-17(22-13)18-9-8-16(23-18)12-4-6-15(20-11-21)14(19)10-12/h4-10H,2-3H2,1H3. The van der Waals surface area contributed by atoms with E-state index in [2.05, 4.69) is 47.5 Å². The van der Waals surface area contributed by atoms with Crippen LogP contribution < -0.4 is 0 Å². The number of halogens is 1. The third-order valence-corrected chi connectivity index (χ3v) is 5.97. The molecule has 3 aromatic rings. The zero-order valence-corrected chi connectivity index (χ0v) is 15.0. The average Bonchev–Trinajstić information content (AvgIpc) is 3.19. The van der Waals surface area contributed by atoms with Gasteiger partial charge in [-0.25, -0.2) is 4.39 Å². The first kappa shape index (κ1) is 16.2. The smallest absolute Gasteiger partial charge is 0.150 e. The molecule has 0 aliphatic rings. The maximum Gasteiger partial charge on any atom is 0.150 e. The Morgan fingerprint density at radius 1 is 1.04 bits per heavy atom. The Balaban J connectivity index is 1.89. The average molecular weight is 360 g/mol. The summed E-state index contributed by atoms with van der Waals surface area (Å²) < 4.78 is 14.0. The van der Waals surface area contributed by atoms with Crippen LogP contribution in [0, 0.1) is 5.82 Å². The second-order valence-corrected chi connectivity index (χ2v) is 7.48. The zero-order chi connectivity index (χ0) is 16.2. The summed E-state index contributed by atoms with van der Waals surface area (Å²) in [6.45, 7) is 2.19. The normalized spacial score (nSPS) is 10.5. The molecule has 116 valence electrons. The van der Waals surface area contributed by atoms with E-state index >= 15 is 0 Å². The van der Waals surface area contributed by atoms with Gasteiger partial charge < -0.3 is 0 Å². The van der Waals surface area contributed by atoms with Crippen molar-refractivity contribution in [1.82, 2.24) is 0 Å². The van der Waals surface area contributed by atoms with Gasteiger partial charge in [-0.2, -0.15) is 4.99 Å². The number of nitrogens with zero attached hydrogens (tertiary/aromatic N) is 1. The summed E-state index contributed by atoms with van der Waals surface area (Å²) in [4.78, 5) is 8.65. The Labute approximate surface area is 148 Å². The monoisotopic (exact) mass is 359 g/mol. The molecule has 5 heteroatoms. The largest absolute Gasteiger partial charge is 0.205 e. The first-order chi connectivity index (χ1) is 11.2. The minimum Gasteiger partial charge on any atom is -0.205 e. The molecule has 2 heterocycles. The number of thiophene rings is 2. The van der Waals surface area contributed by atoms with E-state index in [0.29, 0.717) is 0 Å². The van der Waals surface area contributed by atoms with Crippen LogP contribution in [-0.2, 0) is 6.42 Å². The van der Waals surface area contributed by atoms with E-state index in [-0.39, 0.29) is 11.5 Å². The van der Waals surface area contributed by atoms with Crippen molar-refractivity contribution in [2.45, 2.75) is 19.8 Å². The number of thiocarbonyl (C=S) groups is 1. The minimum atomic E-state index is -0.379. The van der Waals surface area contributed by atoms with Gasteiger partial charge in [-0.15, -0.1) is 22.7 Å². The Morgan fingerprint density at radius 3 is 2.52 bits per heavy atom. The number of aliphatic imine (C=N–C) groups is 1. The minimum absolute atomic E-state index is 0.225. The van der Waals surface area contributed by atoms with Gasteiger partial charge in [-0.3, -0.25) is 0 Å². The molecule has 0 N–H and O–H groups in total. The van der Waals surface area contributed by atoms with Crippen LogP contribution >= 0.6 is 34.9 Å². The molecular formula is C18H14FNS3. The van der Waals surface area contributed by atoms with Crippen LogP contribution in [0.2, 0.25) is 0 Å². The van der Waals surface area contributed by atoms with Gasteiger partial charge in [0.25, 0.3) is 0 Å². The van der Waals surface area contributed by atoms with E-state index in [4.69, 9.17) is 0 Å². The van der Waals surface area contributed by atoms with Crippen LogP contribution in [0.15, 0.2) is 47.5 Å². The fourth-order valence-electron chi connectivity index (χ4n) is 2.32. The van der Waals surface area contributed by atoms with E-state index < -0.39 is 0 Å². The molecule has 23 heavy (non-hydrogen) atoms. The molecule has 1 nitrogen and oxygen atoms in total. The van der Waals surface area contributed by atoms with Crippen LogP contribution in [0.5, 0.6) is 0 Å².